The first kappa shape index (κ1) is 28.5. The molecule has 10 atom stereocenters. The number of carboxylic acids is 1. The van der Waals surface area contributed by atoms with Crippen LogP contribution in [0, 0.1) is 56.2 Å². The van der Waals surface area contributed by atoms with Crippen molar-refractivity contribution in [3.05, 3.63) is 0 Å². The summed E-state index contributed by atoms with van der Waals surface area (Å²) in [5, 5.41) is 9.00. The molecule has 6 aliphatic rings. The highest BCUT2D eigenvalue weighted by molar-refractivity contribution is 5.81. The summed E-state index contributed by atoms with van der Waals surface area (Å²) < 4.78 is 12.3. The van der Waals surface area contributed by atoms with Crippen molar-refractivity contribution in [1.29, 1.82) is 0 Å². The van der Waals surface area contributed by atoms with Crippen LogP contribution in [0.1, 0.15) is 126 Å². The number of esters is 2. The van der Waals surface area contributed by atoms with Gasteiger partial charge in [0, 0.05) is 16.7 Å². The van der Waals surface area contributed by atoms with Gasteiger partial charge in [0.05, 0.1) is 18.3 Å². The molecule has 6 nitrogen and oxygen atoms in total. The monoisotopic (exact) mass is 556 g/mol. The van der Waals surface area contributed by atoms with Crippen molar-refractivity contribution in [1.82, 2.24) is 0 Å². The highest BCUT2D eigenvalue weighted by atomic mass is 16.6. The molecule has 0 radical (unpaired) electrons. The maximum atomic E-state index is 13.4. The molecular weight excluding hydrogens is 504 g/mol. The van der Waals surface area contributed by atoms with Crippen molar-refractivity contribution < 1.29 is 29.0 Å². The lowest BCUT2D eigenvalue weighted by Gasteiger charge is -2.73. The normalized spacial score (nSPS) is 49.9. The van der Waals surface area contributed by atoms with Crippen LogP contribution < -0.4 is 0 Å². The fourth-order valence-corrected chi connectivity index (χ4v) is 12.4. The van der Waals surface area contributed by atoms with E-state index in [9.17, 15) is 14.4 Å². The highest BCUT2D eigenvalue weighted by Gasteiger charge is 2.75. The maximum absolute atomic E-state index is 13.4. The average Bonchev–Trinajstić information content (AvgIpc) is 3.12. The first-order valence-corrected chi connectivity index (χ1v) is 16.2. The van der Waals surface area contributed by atoms with Crippen molar-refractivity contribution in [2.24, 2.45) is 56.2 Å². The molecule has 10 unspecified atom stereocenters. The third kappa shape index (κ3) is 3.55. The Balaban J connectivity index is 1.28. The van der Waals surface area contributed by atoms with E-state index in [1.807, 2.05) is 0 Å². The summed E-state index contributed by atoms with van der Waals surface area (Å²) in [4.78, 5) is 37.0. The molecule has 224 valence electrons. The fourth-order valence-electron chi connectivity index (χ4n) is 12.4. The van der Waals surface area contributed by atoms with Crippen molar-refractivity contribution in [3.63, 3.8) is 0 Å². The highest BCUT2D eigenvalue weighted by Crippen LogP contribution is 2.78. The molecule has 1 N–H and O–H groups in total. The lowest BCUT2D eigenvalue weighted by atomic mass is 9.31. The van der Waals surface area contributed by atoms with Crippen molar-refractivity contribution >= 4 is 17.9 Å². The van der Waals surface area contributed by atoms with Crippen LogP contribution in [0.2, 0.25) is 0 Å². The summed E-state index contributed by atoms with van der Waals surface area (Å²) in [5.74, 6) is 0.697. The number of carbonyl (C=O) groups is 3. The molecule has 0 aromatic rings. The summed E-state index contributed by atoms with van der Waals surface area (Å²) in [6, 6.07) is 0. The van der Waals surface area contributed by atoms with Crippen LogP contribution in [-0.4, -0.2) is 35.2 Å². The van der Waals surface area contributed by atoms with Crippen LogP contribution in [0.3, 0.4) is 0 Å². The number of carboxylic acid groups (broad SMARTS) is 1. The lowest BCUT2D eigenvalue weighted by molar-refractivity contribution is -0.254. The molecule has 5 saturated carbocycles. The topological polar surface area (TPSA) is 89.9 Å². The zero-order valence-electron chi connectivity index (χ0n) is 25.9. The van der Waals surface area contributed by atoms with E-state index in [-0.39, 0.29) is 69.5 Å². The number of ether oxygens (including phenoxy) is 2. The molecule has 40 heavy (non-hydrogen) atoms. The van der Waals surface area contributed by atoms with Gasteiger partial charge in [-0.25, -0.2) is 0 Å². The van der Waals surface area contributed by atoms with Gasteiger partial charge in [0.25, 0.3) is 0 Å². The lowest BCUT2D eigenvalue weighted by Crippen LogP contribution is -2.68. The minimum absolute atomic E-state index is 0.0459. The summed E-state index contributed by atoms with van der Waals surface area (Å²) in [7, 11) is 0. The molecule has 1 aliphatic heterocycles. The van der Waals surface area contributed by atoms with Gasteiger partial charge in [-0.2, -0.15) is 0 Å². The second kappa shape index (κ2) is 8.72. The van der Waals surface area contributed by atoms with Gasteiger partial charge in [-0.05, 0) is 98.2 Å². The van der Waals surface area contributed by atoms with E-state index in [1.165, 1.54) is 19.3 Å². The molecular formula is C34H52O6. The predicted molar refractivity (Wildman–Crippen MR) is 151 cm³/mol. The Morgan fingerprint density at radius 3 is 2.23 bits per heavy atom. The van der Waals surface area contributed by atoms with Gasteiger partial charge in [0.15, 0.2) is 0 Å². The fraction of sp³-hybridized carbons (Fsp3) is 0.912. The van der Waals surface area contributed by atoms with E-state index < -0.39 is 5.97 Å². The Hall–Kier alpha value is -1.59. The minimum atomic E-state index is -0.961. The van der Waals surface area contributed by atoms with Gasteiger partial charge < -0.3 is 14.6 Å². The maximum Gasteiger partial charge on any atom is 0.312 e. The molecule has 0 amide bonds. The second-order valence-electron chi connectivity index (χ2n) is 16.9. The molecule has 2 bridgehead atoms. The molecule has 6 fully saturated rings. The molecule has 6 heteroatoms. The van der Waals surface area contributed by atoms with Gasteiger partial charge in [0.2, 0.25) is 0 Å². The Morgan fingerprint density at radius 2 is 1.52 bits per heavy atom. The van der Waals surface area contributed by atoms with Gasteiger partial charge >= 0.3 is 17.9 Å². The standard InChI is InChI=1S/C34H52O6/c1-29(2)16-18-34-19-17-32(6)20(26(34)27(29)40-28(34)38)8-9-22-31(5)14-13-23(39-25(37)11-10-24(35)36)30(3,4)21(31)12-15-33(22,32)7/h20-23,26-27H,8-19H2,1-7H3,(H,35,36). The molecule has 0 aromatic heterocycles. The number of rotatable bonds is 4. The number of hydrogen-bond donors (Lipinski definition) is 1. The van der Waals surface area contributed by atoms with Crippen LogP contribution in [0.25, 0.3) is 0 Å². The summed E-state index contributed by atoms with van der Waals surface area (Å²) in [5.41, 5.74) is 0.189. The molecule has 5 aliphatic carbocycles. The average molecular weight is 557 g/mol. The SMILES string of the molecule is CC1(C)CCC23CCC4(C)C(CCC5C6(C)CCC(OC(=O)CCC(=O)O)C(C)(C)C6CCC54C)C2C1OC3=O. The van der Waals surface area contributed by atoms with Crippen LogP contribution in [0.4, 0.5) is 0 Å². The molecule has 1 heterocycles. The van der Waals surface area contributed by atoms with Crippen LogP contribution in [-0.2, 0) is 23.9 Å². The zero-order chi connectivity index (χ0) is 29.1. The van der Waals surface area contributed by atoms with Gasteiger partial charge in [0.1, 0.15) is 12.2 Å². The Labute approximate surface area is 240 Å². The number of aliphatic carboxylic acids is 1. The van der Waals surface area contributed by atoms with E-state index in [4.69, 9.17) is 14.6 Å². The molecule has 0 aromatic carbocycles. The minimum Gasteiger partial charge on any atom is -0.481 e. The van der Waals surface area contributed by atoms with Gasteiger partial charge in [-0.1, -0.05) is 48.5 Å². The smallest absolute Gasteiger partial charge is 0.312 e. The Morgan fingerprint density at radius 1 is 0.825 bits per heavy atom. The molecule has 1 saturated heterocycles. The van der Waals surface area contributed by atoms with Crippen LogP contribution in [0.15, 0.2) is 0 Å². The third-order valence-corrected chi connectivity index (χ3v) is 14.8. The number of hydrogen-bond acceptors (Lipinski definition) is 5. The first-order valence-electron chi connectivity index (χ1n) is 16.2. The van der Waals surface area contributed by atoms with E-state index in [0.29, 0.717) is 23.7 Å². The molecule has 6 rings (SSSR count). The van der Waals surface area contributed by atoms with Crippen LogP contribution in [0.5, 0.6) is 0 Å². The van der Waals surface area contributed by atoms with Gasteiger partial charge in [-0.15, -0.1) is 0 Å². The Bertz CT molecular complexity index is 1110. The van der Waals surface area contributed by atoms with Crippen molar-refractivity contribution in [2.75, 3.05) is 0 Å². The summed E-state index contributed by atoms with van der Waals surface area (Å²) >= 11 is 0. The third-order valence-electron chi connectivity index (χ3n) is 14.8. The van der Waals surface area contributed by atoms with E-state index in [0.717, 1.165) is 44.9 Å². The zero-order valence-corrected chi connectivity index (χ0v) is 25.9. The van der Waals surface area contributed by atoms with E-state index in [1.54, 1.807) is 0 Å². The number of fused-ring (bicyclic) bond motifs is 5. The van der Waals surface area contributed by atoms with Gasteiger partial charge in [-0.3, -0.25) is 14.4 Å². The summed E-state index contributed by atoms with van der Waals surface area (Å²) in [6.07, 6.45) is 10.4. The molecule has 0 spiro atoms. The van der Waals surface area contributed by atoms with Crippen LogP contribution >= 0.6 is 0 Å². The largest absolute Gasteiger partial charge is 0.481 e. The quantitative estimate of drug-likeness (QED) is 0.369. The Kier molecular flexibility index (Phi) is 6.22. The second-order valence-corrected chi connectivity index (χ2v) is 16.9. The predicted octanol–water partition coefficient (Wildman–Crippen LogP) is 7.18. The van der Waals surface area contributed by atoms with Crippen molar-refractivity contribution in [3.8, 4) is 0 Å². The van der Waals surface area contributed by atoms with E-state index in [2.05, 4.69) is 48.5 Å². The van der Waals surface area contributed by atoms with E-state index >= 15 is 0 Å². The van der Waals surface area contributed by atoms with Crippen molar-refractivity contribution in [2.45, 2.75) is 138 Å². The summed E-state index contributed by atoms with van der Waals surface area (Å²) in [6.45, 7) is 16.9. The first-order chi connectivity index (χ1) is 18.5. The number of carbonyl (C=O) groups excluding carboxylic acids is 2.